The first-order chi connectivity index (χ1) is 7.65. The number of hydrogen-bond acceptors (Lipinski definition) is 3. The number of halogens is 1. The van der Waals surface area contributed by atoms with Gasteiger partial charge >= 0.3 is 5.97 Å². The van der Waals surface area contributed by atoms with Crippen LogP contribution in [0, 0.1) is 11.7 Å². The standard InChI is InChI=1S/C11H8FNO2S/c12-5-1-2-8-9(3-5)16-10(13-8)6-4-7(6)11(14)15/h1-3,6-7H,4H2,(H,14,15). The van der Waals surface area contributed by atoms with E-state index in [0.717, 1.165) is 15.2 Å². The highest BCUT2D eigenvalue weighted by atomic mass is 32.1. The molecular weight excluding hydrogens is 229 g/mol. The number of aromatic nitrogens is 1. The number of hydrogen-bond donors (Lipinski definition) is 1. The van der Waals surface area contributed by atoms with Crippen LogP contribution >= 0.6 is 11.3 Å². The molecule has 2 unspecified atom stereocenters. The van der Waals surface area contributed by atoms with Crippen molar-refractivity contribution in [2.24, 2.45) is 5.92 Å². The van der Waals surface area contributed by atoms with Crippen LogP contribution in [0.3, 0.4) is 0 Å². The van der Waals surface area contributed by atoms with Gasteiger partial charge in [0.2, 0.25) is 0 Å². The predicted molar refractivity (Wildman–Crippen MR) is 58.1 cm³/mol. The van der Waals surface area contributed by atoms with Crippen LogP contribution in [0.15, 0.2) is 18.2 Å². The van der Waals surface area contributed by atoms with E-state index >= 15 is 0 Å². The molecular formula is C11H8FNO2S. The first-order valence-electron chi connectivity index (χ1n) is 4.94. The second-order valence-corrected chi connectivity index (χ2v) is 5.01. The second-order valence-electron chi connectivity index (χ2n) is 3.95. The van der Waals surface area contributed by atoms with Gasteiger partial charge in [0.15, 0.2) is 0 Å². The normalized spacial score (nSPS) is 23.6. The summed E-state index contributed by atoms with van der Waals surface area (Å²) < 4.78 is 13.7. The summed E-state index contributed by atoms with van der Waals surface area (Å²) >= 11 is 1.39. The number of thiazole rings is 1. The molecule has 1 N–H and O–H groups in total. The Balaban J connectivity index is 1.98. The van der Waals surface area contributed by atoms with Gasteiger partial charge in [-0.3, -0.25) is 4.79 Å². The maximum Gasteiger partial charge on any atom is 0.307 e. The zero-order valence-electron chi connectivity index (χ0n) is 8.18. The molecule has 5 heteroatoms. The molecule has 0 bridgehead atoms. The molecule has 2 aromatic rings. The number of nitrogens with zero attached hydrogens (tertiary/aromatic N) is 1. The highest BCUT2D eigenvalue weighted by molar-refractivity contribution is 7.18. The second kappa shape index (κ2) is 3.25. The maximum atomic E-state index is 13.0. The van der Waals surface area contributed by atoms with E-state index in [-0.39, 0.29) is 17.7 Å². The van der Waals surface area contributed by atoms with Gasteiger partial charge in [-0.1, -0.05) is 0 Å². The first kappa shape index (κ1) is 9.72. The van der Waals surface area contributed by atoms with Crippen molar-refractivity contribution < 1.29 is 14.3 Å². The monoisotopic (exact) mass is 237 g/mol. The smallest absolute Gasteiger partial charge is 0.307 e. The highest BCUT2D eigenvalue weighted by Gasteiger charge is 2.46. The molecule has 1 heterocycles. The molecule has 1 aliphatic rings. The number of fused-ring (bicyclic) bond motifs is 1. The van der Waals surface area contributed by atoms with Gasteiger partial charge in [0.25, 0.3) is 0 Å². The summed E-state index contributed by atoms with van der Waals surface area (Å²) in [4.78, 5) is 15.1. The van der Waals surface area contributed by atoms with E-state index in [1.807, 2.05) is 0 Å². The van der Waals surface area contributed by atoms with Gasteiger partial charge in [0.05, 0.1) is 21.1 Å². The van der Waals surface area contributed by atoms with Crippen LogP contribution in [0.1, 0.15) is 17.3 Å². The molecule has 3 rings (SSSR count). The van der Waals surface area contributed by atoms with Crippen molar-refractivity contribution in [3.63, 3.8) is 0 Å². The van der Waals surface area contributed by atoms with Crippen molar-refractivity contribution in [2.75, 3.05) is 0 Å². The van der Waals surface area contributed by atoms with Crippen LogP contribution in [-0.4, -0.2) is 16.1 Å². The van der Waals surface area contributed by atoms with E-state index in [1.54, 1.807) is 6.07 Å². The van der Waals surface area contributed by atoms with E-state index in [1.165, 1.54) is 23.5 Å². The van der Waals surface area contributed by atoms with Crippen LogP contribution in [0.2, 0.25) is 0 Å². The summed E-state index contributed by atoms with van der Waals surface area (Å²) in [5.74, 6) is -1.33. The summed E-state index contributed by atoms with van der Waals surface area (Å²) in [6.07, 6.45) is 0.650. The number of carbonyl (C=O) groups is 1. The predicted octanol–water partition coefficient (Wildman–Crippen LogP) is 2.62. The maximum absolute atomic E-state index is 13.0. The Kier molecular flexibility index (Phi) is 1.97. The van der Waals surface area contributed by atoms with E-state index in [0.29, 0.717) is 6.42 Å². The topological polar surface area (TPSA) is 50.2 Å². The molecule has 3 nitrogen and oxygen atoms in total. The van der Waals surface area contributed by atoms with Gasteiger partial charge in [-0.25, -0.2) is 9.37 Å². The van der Waals surface area contributed by atoms with Gasteiger partial charge in [-0.2, -0.15) is 0 Å². The van der Waals surface area contributed by atoms with Gasteiger partial charge < -0.3 is 5.11 Å². The highest BCUT2D eigenvalue weighted by Crippen LogP contribution is 2.49. The number of benzene rings is 1. The van der Waals surface area contributed by atoms with Crippen LogP contribution in [-0.2, 0) is 4.79 Å². The summed E-state index contributed by atoms with van der Waals surface area (Å²) in [6, 6.07) is 4.44. The number of rotatable bonds is 2. The number of carboxylic acid groups (broad SMARTS) is 1. The van der Waals surface area contributed by atoms with E-state index < -0.39 is 5.97 Å². The Labute approximate surface area is 94.5 Å². The van der Waals surface area contributed by atoms with Gasteiger partial charge in [-0.15, -0.1) is 11.3 Å². The van der Waals surface area contributed by atoms with E-state index in [2.05, 4.69) is 4.98 Å². The number of carboxylic acids is 1. The molecule has 1 aromatic heterocycles. The van der Waals surface area contributed by atoms with Crippen molar-refractivity contribution in [3.05, 3.63) is 29.0 Å². The molecule has 82 valence electrons. The molecule has 16 heavy (non-hydrogen) atoms. The number of aliphatic carboxylic acids is 1. The Morgan fingerprint density at radius 1 is 1.56 bits per heavy atom. The van der Waals surface area contributed by atoms with E-state index in [4.69, 9.17) is 5.11 Å². The molecule has 1 saturated carbocycles. The van der Waals surface area contributed by atoms with Crippen LogP contribution in [0.25, 0.3) is 10.2 Å². The Morgan fingerprint density at radius 2 is 2.38 bits per heavy atom. The Morgan fingerprint density at radius 3 is 3.06 bits per heavy atom. The third-order valence-electron chi connectivity index (χ3n) is 2.79. The molecule has 0 spiro atoms. The molecule has 1 aliphatic carbocycles. The fourth-order valence-corrected chi connectivity index (χ4v) is 2.99. The zero-order chi connectivity index (χ0) is 11.3. The van der Waals surface area contributed by atoms with Crippen LogP contribution in [0.4, 0.5) is 4.39 Å². The van der Waals surface area contributed by atoms with Gasteiger partial charge in [0, 0.05) is 5.92 Å². The third kappa shape index (κ3) is 1.48. The molecule has 1 aromatic carbocycles. The van der Waals surface area contributed by atoms with Crippen LogP contribution in [0.5, 0.6) is 0 Å². The lowest BCUT2D eigenvalue weighted by Crippen LogP contribution is -1.98. The fraction of sp³-hybridized carbons (Fsp3) is 0.273. The molecule has 0 saturated heterocycles. The summed E-state index contributed by atoms with van der Waals surface area (Å²) in [7, 11) is 0. The fourth-order valence-electron chi connectivity index (χ4n) is 1.82. The lowest BCUT2D eigenvalue weighted by atomic mass is 10.3. The lowest BCUT2D eigenvalue weighted by molar-refractivity contribution is -0.138. The molecule has 0 aliphatic heterocycles. The van der Waals surface area contributed by atoms with Gasteiger partial charge in [-0.05, 0) is 24.6 Å². The largest absolute Gasteiger partial charge is 0.481 e. The quantitative estimate of drug-likeness (QED) is 0.873. The van der Waals surface area contributed by atoms with Crippen LogP contribution < -0.4 is 0 Å². The Hall–Kier alpha value is -1.49. The van der Waals surface area contributed by atoms with Crippen molar-refractivity contribution in [2.45, 2.75) is 12.3 Å². The minimum absolute atomic E-state index is 0.0259. The lowest BCUT2D eigenvalue weighted by Gasteiger charge is -1.88. The molecule has 2 atom stereocenters. The molecule has 0 radical (unpaired) electrons. The van der Waals surface area contributed by atoms with Crippen molar-refractivity contribution in [3.8, 4) is 0 Å². The molecule has 1 fully saturated rings. The zero-order valence-corrected chi connectivity index (χ0v) is 9.00. The summed E-state index contributed by atoms with van der Waals surface area (Å²) in [5, 5.41) is 9.63. The average Bonchev–Trinajstić information content (AvgIpc) is 2.93. The Bertz CT molecular complexity index is 580. The summed E-state index contributed by atoms with van der Waals surface area (Å²) in [5.41, 5.74) is 0.748. The SMILES string of the molecule is O=C(O)C1CC1c1nc2ccc(F)cc2s1. The molecule has 0 amide bonds. The minimum Gasteiger partial charge on any atom is -0.481 e. The summed E-state index contributed by atoms with van der Waals surface area (Å²) in [6.45, 7) is 0. The first-order valence-corrected chi connectivity index (χ1v) is 5.75. The van der Waals surface area contributed by atoms with Crippen molar-refractivity contribution >= 4 is 27.5 Å². The minimum atomic E-state index is -0.768. The van der Waals surface area contributed by atoms with Crippen molar-refractivity contribution in [1.82, 2.24) is 4.98 Å². The average molecular weight is 237 g/mol. The third-order valence-corrected chi connectivity index (χ3v) is 3.94. The van der Waals surface area contributed by atoms with Gasteiger partial charge in [0.1, 0.15) is 5.82 Å². The van der Waals surface area contributed by atoms with Crippen molar-refractivity contribution in [1.29, 1.82) is 0 Å². The van der Waals surface area contributed by atoms with E-state index in [9.17, 15) is 9.18 Å².